The maximum Gasteiger partial charge on any atom is 0.338 e. The minimum Gasteiger partial charge on any atom is -0.493 e. The number of anilines is 1. The molecule has 0 aliphatic rings. The molecule has 1 amide bonds. The van der Waals surface area contributed by atoms with Gasteiger partial charge in [-0.25, -0.2) is 4.79 Å². The molecular weight excluding hydrogens is 524 g/mol. The van der Waals surface area contributed by atoms with Gasteiger partial charge in [0, 0.05) is 5.69 Å². The first kappa shape index (κ1) is 26.5. The van der Waals surface area contributed by atoms with E-state index in [4.69, 9.17) is 14.2 Å². The van der Waals surface area contributed by atoms with Gasteiger partial charge < -0.3 is 19.5 Å². The molecule has 0 bridgehead atoms. The molecule has 0 aliphatic carbocycles. The molecule has 8 heteroatoms. The van der Waals surface area contributed by atoms with E-state index in [0.29, 0.717) is 39.4 Å². The van der Waals surface area contributed by atoms with Crippen LogP contribution >= 0.6 is 15.9 Å². The van der Waals surface area contributed by atoms with Gasteiger partial charge in [0.05, 0.1) is 23.8 Å². The number of rotatable bonds is 9. The Labute approximate surface area is 218 Å². The molecule has 3 aromatic rings. The predicted octanol–water partition coefficient (Wildman–Crippen LogP) is 6.07. The van der Waals surface area contributed by atoms with E-state index in [2.05, 4.69) is 21.2 Å². The number of hydrogen-bond donors (Lipinski definition) is 1. The topological polar surface area (TPSA) is 97.7 Å². The molecule has 0 heterocycles. The zero-order valence-corrected chi connectivity index (χ0v) is 21.7. The largest absolute Gasteiger partial charge is 0.493 e. The maximum absolute atomic E-state index is 12.7. The van der Waals surface area contributed by atoms with E-state index in [1.807, 2.05) is 37.3 Å². The summed E-state index contributed by atoms with van der Waals surface area (Å²) in [5.74, 6) is -0.0635. The second-order valence-corrected chi connectivity index (χ2v) is 8.59. The average Bonchev–Trinajstić information content (AvgIpc) is 2.86. The van der Waals surface area contributed by atoms with Crippen LogP contribution in [0.4, 0.5) is 5.69 Å². The monoisotopic (exact) mass is 548 g/mol. The highest BCUT2D eigenvalue weighted by Gasteiger charge is 2.15. The van der Waals surface area contributed by atoms with E-state index in [1.54, 1.807) is 43.3 Å². The van der Waals surface area contributed by atoms with Crippen molar-refractivity contribution >= 4 is 39.6 Å². The molecule has 0 saturated carbocycles. The zero-order valence-electron chi connectivity index (χ0n) is 20.1. The summed E-state index contributed by atoms with van der Waals surface area (Å²) in [5.41, 5.74) is 3.43. The Kier molecular flexibility index (Phi) is 9.25. The number of esters is 1. The Morgan fingerprint density at radius 3 is 2.50 bits per heavy atom. The quantitative estimate of drug-likeness (QED) is 0.198. The van der Waals surface area contributed by atoms with Crippen LogP contribution in [0.5, 0.6) is 11.5 Å². The van der Waals surface area contributed by atoms with Gasteiger partial charge in [-0.2, -0.15) is 5.26 Å². The van der Waals surface area contributed by atoms with Crippen LogP contribution in [0, 0.1) is 18.3 Å². The van der Waals surface area contributed by atoms with E-state index < -0.39 is 11.9 Å². The van der Waals surface area contributed by atoms with Crippen LogP contribution < -0.4 is 14.8 Å². The molecule has 0 atom stereocenters. The van der Waals surface area contributed by atoms with Crippen LogP contribution in [0.3, 0.4) is 0 Å². The van der Waals surface area contributed by atoms with E-state index in [0.717, 1.165) is 11.1 Å². The minimum atomic E-state index is -0.587. The molecule has 0 radical (unpaired) electrons. The van der Waals surface area contributed by atoms with Gasteiger partial charge in [0.1, 0.15) is 18.2 Å². The van der Waals surface area contributed by atoms with Crippen molar-refractivity contribution in [3.05, 3.63) is 93.0 Å². The van der Waals surface area contributed by atoms with Crippen molar-refractivity contribution < 1.29 is 23.8 Å². The average molecular weight is 549 g/mol. The number of carbonyl (C=O) groups is 2. The lowest BCUT2D eigenvalue weighted by atomic mass is 10.1. The van der Waals surface area contributed by atoms with Gasteiger partial charge in [-0.1, -0.05) is 29.8 Å². The van der Waals surface area contributed by atoms with Gasteiger partial charge in [0.25, 0.3) is 5.91 Å². The fourth-order valence-corrected chi connectivity index (χ4v) is 3.91. The summed E-state index contributed by atoms with van der Waals surface area (Å²) in [4.78, 5) is 24.5. The van der Waals surface area contributed by atoms with Crippen LogP contribution in [-0.2, 0) is 16.1 Å². The number of nitrogens with zero attached hydrogens (tertiary/aromatic N) is 1. The van der Waals surface area contributed by atoms with Gasteiger partial charge in [-0.3, -0.25) is 4.79 Å². The predicted molar refractivity (Wildman–Crippen MR) is 141 cm³/mol. The molecule has 0 unspecified atom stereocenters. The van der Waals surface area contributed by atoms with Crippen molar-refractivity contribution in [2.75, 3.05) is 19.0 Å². The summed E-state index contributed by atoms with van der Waals surface area (Å²) in [6.45, 7) is 4.37. The second kappa shape index (κ2) is 12.6. The van der Waals surface area contributed by atoms with Gasteiger partial charge >= 0.3 is 5.97 Å². The first-order chi connectivity index (χ1) is 17.3. The third kappa shape index (κ3) is 6.96. The SMILES string of the molecule is CCOC(=O)c1ccc(NC(=O)/C(C#N)=C/c2cc(Br)c(OCc3cccc(C)c3)c(OC)c2)cc1. The zero-order chi connectivity index (χ0) is 26.1. The Balaban J connectivity index is 1.76. The number of amides is 1. The fourth-order valence-electron chi connectivity index (χ4n) is 3.34. The highest BCUT2D eigenvalue weighted by molar-refractivity contribution is 9.10. The molecule has 3 rings (SSSR count). The molecule has 7 nitrogen and oxygen atoms in total. The Morgan fingerprint density at radius 1 is 1.11 bits per heavy atom. The summed E-state index contributed by atoms with van der Waals surface area (Å²) in [6.07, 6.45) is 1.46. The van der Waals surface area contributed by atoms with Crippen molar-refractivity contribution in [3.8, 4) is 17.6 Å². The Bertz CT molecular complexity index is 1330. The third-order valence-corrected chi connectivity index (χ3v) is 5.64. The lowest BCUT2D eigenvalue weighted by Gasteiger charge is -2.14. The van der Waals surface area contributed by atoms with Gasteiger partial charge in [-0.05, 0) is 83.4 Å². The standard InChI is InChI=1S/C28H25BrN2O5/c1-4-35-28(33)21-8-10-23(11-9-21)31-27(32)22(16-30)13-20-14-24(29)26(25(15-20)34-3)36-17-19-7-5-6-18(2)12-19/h5-15H,4,17H2,1-3H3,(H,31,32)/b22-13+. The summed E-state index contributed by atoms with van der Waals surface area (Å²) >= 11 is 3.50. The minimum absolute atomic E-state index is 0.105. The number of methoxy groups -OCH3 is 1. The Hall–Kier alpha value is -4.09. The number of carbonyl (C=O) groups excluding carboxylic acids is 2. The summed E-state index contributed by atoms with van der Waals surface area (Å²) in [5, 5.41) is 12.2. The normalized spacial score (nSPS) is 10.8. The van der Waals surface area contributed by atoms with Gasteiger partial charge in [-0.15, -0.1) is 0 Å². The first-order valence-corrected chi connectivity index (χ1v) is 11.9. The molecule has 0 aliphatic heterocycles. The molecular formula is C28H25BrN2O5. The highest BCUT2D eigenvalue weighted by Crippen LogP contribution is 2.38. The molecule has 0 spiro atoms. The maximum atomic E-state index is 12.7. The first-order valence-electron chi connectivity index (χ1n) is 11.1. The van der Waals surface area contributed by atoms with Crippen LogP contribution in [0.25, 0.3) is 6.08 Å². The molecule has 0 saturated heterocycles. The van der Waals surface area contributed by atoms with E-state index in [-0.39, 0.29) is 12.2 Å². The summed E-state index contributed by atoms with van der Waals surface area (Å²) in [7, 11) is 1.52. The van der Waals surface area contributed by atoms with E-state index in [9.17, 15) is 14.9 Å². The Morgan fingerprint density at radius 2 is 1.86 bits per heavy atom. The van der Waals surface area contributed by atoms with Crippen molar-refractivity contribution in [1.29, 1.82) is 5.26 Å². The van der Waals surface area contributed by atoms with Gasteiger partial charge in [0.15, 0.2) is 11.5 Å². The lowest BCUT2D eigenvalue weighted by molar-refractivity contribution is -0.112. The lowest BCUT2D eigenvalue weighted by Crippen LogP contribution is -2.13. The van der Waals surface area contributed by atoms with Crippen molar-refractivity contribution in [1.82, 2.24) is 0 Å². The number of benzene rings is 3. The van der Waals surface area contributed by atoms with Crippen LogP contribution in [-0.4, -0.2) is 25.6 Å². The fraction of sp³-hybridized carbons (Fsp3) is 0.179. The number of nitriles is 1. The van der Waals surface area contributed by atoms with E-state index in [1.165, 1.54) is 13.2 Å². The second-order valence-electron chi connectivity index (χ2n) is 7.73. The molecule has 3 aromatic carbocycles. The number of aryl methyl sites for hydroxylation is 1. The molecule has 184 valence electrons. The molecule has 1 N–H and O–H groups in total. The number of hydrogen-bond acceptors (Lipinski definition) is 6. The van der Waals surface area contributed by atoms with Crippen LogP contribution in [0.15, 0.2) is 70.7 Å². The molecule has 0 aromatic heterocycles. The summed E-state index contributed by atoms with van der Waals surface area (Å²) < 4.78 is 17.0. The smallest absolute Gasteiger partial charge is 0.338 e. The number of ether oxygens (including phenoxy) is 3. The third-order valence-electron chi connectivity index (χ3n) is 5.05. The van der Waals surface area contributed by atoms with Crippen molar-refractivity contribution in [3.63, 3.8) is 0 Å². The van der Waals surface area contributed by atoms with Gasteiger partial charge in [0.2, 0.25) is 0 Å². The van der Waals surface area contributed by atoms with Crippen LogP contribution in [0.1, 0.15) is 34.0 Å². The molecule has 0 fully saturated rings. The number of nitrogens with one attached hydrogen (secondary N) is 1. The number of halogens is 1. The van der Waals surface area contributed by atoms with Crippen molar-refractivity contribution in [2.24, 2.45) is 0 Å². The highest BCUT2D eigenvalue weighted by atomic mass is 79.9. The molecule has 36 heavy (non-hydrogen) atoms. The van der Waals surface area contributed by atoms with Crippen LogP contribution in [0.2, 0.25) is 0 Å². The van der Waals surface area contributed by atoms with Crippen molar-refractivity contribution in [2.45, 2.75) is 20.5 Å². The van der Waals surface area contributed by atoms with E-state index >= 15 is 0 Å². The summed E-state index contributed by atoms with van der Waals surface area (Å²) in [6, 6.07) is 19.6.